The van der Waals surface area contributed by atoms with Crippen LogP contribution in [-0.4, -0.2) is 55.1 Å². The molecule has 2 amide bonds. The molecule has 0 aliphatic carbocycles. The molecule has 1 aromatic carbocycles. The van der Waals surface area contributed by atoms with Crippen molar-refractivity contribution in [3.63, 3.8) is 0 Å². The van der Waals surface area contributed by atoms with Crippen molar-refractivity contribution in [3.8, 4) is 5.75 Å². The van der Waals surface area contributed by atoms with Gasteiger partial charge in [-0.25, -0.2) is 4.79 Å². The van der Waals surface area contributed by atoms with Gasteiger partial charge in [0.1, 0.15) is 11.3 Å². The minimum absolute atomic E-state index is 0.0284. The Labute approximate surface area is 144 Å². The quantitative estimate of drug-likeness (QED) is 0.751. The molecule has 1 aliphatic rings. The number of carbonyl (C=O) groups excluding carboxylic acids is 3. The minimum atomic E-state index is -0.495. The lowest BCUT2D eigenvalue weighted by Crippen LogP contribution is -2.30. The van der Waals surface area contributed by atoms with Gasteiger partial charge in [-0.05, 0) is 17.7 Å². The SMILES string of the molecule is COC(=O)c1cc(CNC(=O)CCN2CCSC2=O)ccc1OC. The molecule has 24 heavy (non-hydrogen) atoms. The van der Waals surface area contributed by atoms with Crippen molar-refractivity contribution in [1.82, 2.24) is 10.2 Å². The number of ether oxygens (including phenoxy) is 2. The second-order valence-electron chi connectivity index (χ2n) is 5.15. The number of rotatable bonds is 7. The molecule has 0 saturated carbocycles. The molecule has 1 saturated heterocycles. The van der Waals surface area contributed by atoms with E-state index in [0.29, 0.717) is 24.4 Å². The van der Waals surface area contributed by atoms with Gasteiger partial charge in [-0.3, -0.25) is 9.59 Å². The summed E-state index contributed by atoms with van der Waals surface area (Å²) in [7, 11) is 2.77. The van der Waals surface area contributed by atoms with Gasteiger partial charge in [0.05, 0.1) is 14.2 Å². The highest BCUT2D eigenvalue weighted by Crippen LogP contribution is 2.21. The minimum Gasteiger partial charge on any atom is -0.496 e. The molecule has 130 valence electrons. The van der Waals surface area contributed by atoms with E-state index in [9.17, 15) is 14.4 Å². The van der Waals surface area contributed by atoms with Gasteiger partial charge in [-0.2, -0.15) is 0 Å². The third-order valence-corrected chi connectivity index (χ3v) is 4.50. The van der Waals surface area contributed by atoms with Crippen molar-refractivity contribution in [2.24, 2.45) is 0 Å². The normalized spacial score (nSPS) is 13.8. The molecular formula is C16H20N2O5S. The molecule has 2 rings (SSSR count). The maximum atomic E-state index is 11.9. The second kappa shape index (κ2) is 8.58. The van der Waals surface area contributed by atoms with Crippen LogP contribution in [0.4, 0.5) is 4.79 Å². The van der Waals surface area contributed by atoms with Crippen molar-refractivity contribution in [1.29, 1.82) is 0 Å². The van der Waals surface area contributed by atoms with Crippen LogP contribution in [0.5, 0.6) is 5.75 Å². The van der Waals surface area contributed by atoms with E-state index < -0.39 is 5.97 Å². The van der Waals surface area contributed by atoms with Gasteiger partial charge in [0.2, 0.25) is 5.91 Å². The zero-order valence-electron chi connectivity index (χ0n) is 13.7. The zero-order chi connectivity index (χ0) is 17.5. The average Bonchev–Trinajstić information content (AvgIpc) is 3.02. The third-order valence-electron chi connectivity index (χ3n) is 3.61. The number of esters is 1. The molecule has 1 N–H and O–H groups in total. The third kappa shape index (κ3) is 4.64. The molecule has 8 heteroatoms. The zero-order valence-corrected chi connectivity index (χ0v) is 14.5. The summed E-state index contributed by atoms with van der Waals surface area (Å²) in [4.78, 5) is 36.8. The Balaban J connectivity index is 1.88. The van der Waals surface area contributed by atoms with Crippen LogP contribution in [0.1, 0.15) is 22.3 Å². The number of hydrogen-bond donors (Lipinski definition) is 1. The number of methoxy groups -OCH3 is 2. The summed E-state index contributed by atoms with van der Waals surface area (Å²) >= 11 is 1.28. The fraction of sp³-hybridized carbons (Fsp3) is 0.438. The summed E-state index contributed by atoms with van der Waals surface area (Å²) in [6.07, 6.45) is 0.256. The number of nitrogens with zero attached hydrogens (tertiary/aromatic N) is 1. The maximum absolute atomic E-state index is 11.9. The second-order valence-corrected chi connectivity index (χ2v) is 6.20. The van der Waals surface area contributed by atoms with Gasteiger partial charge in [0.25, 0.3) is 5.24 Å². The summed E-state index contributed by atoms with van der Waals surface area (Å²) in [5, 5.41) is 2.81. The summed E-state index contributed by atoms with van der Waals surface area (Å²) in [6.45, 7) is 1.40. The van der Waals surface area contributed by atoms with E-state index in [0.717, 1.165) is 11.3 Å². The van der Waals surface area contributed by atoms with Crippen molar-refractivity contribution < 1.29 is 23.9 Å². The fourth-order valence-corrected chi connectivity index (χ4v) is 3.14. The van der Waals surface area contributed by atoms with E-state index >= 15 is 0 Å². The molecule has 0 radical (unpaired) electrons. The fourth-order valence-electron chi connectivity index (χ4n) is 2.29. The molecule has 0 bridgehead atoms. The summed E-state index contributed by atoms with van der Waals surface area (Å²) < 4.78 is 9.85. The van der Waals surface area contributed by atoms with E-state index in [1.165, 1.54) is 26.0 Å². The molecule has 1 aliphatic heterocycles. The molecular weight excluding hydrogens is 332 g/mol. The monoisotopic (exact) mass is 352 g/mol. The molecule has 0 unspecified atom stereocenters. The topological polar surface area (TPSA) is 84.9 Å². The van der Waals surface area contributed by atoms with E-state index in [-0.39, 0.29) is 24.1 Å². The van der Waals surface area contributed by atoms with E-state index in [1.54, 1.807) is 23.1 Å². The number of benzene rings is 1. The molecule has 1 aromatic rings. The van der Waals surface area contributed by atoms with Gasteiger partial charge in [0, 0.05) is 31.8 Å². The summed E-state index contributed by atoms with van der Waals surface area (Å²) in [5.74, 6) is 0.560. The molecule has 7 nitrogen and oxygen atoms in total. The van der Waals surface area contributed by atoms with Crippen LogP contribution in [0, 0.1) is 0 Å². The Morgan fingerprint density at radius 1 is 1.33 bits per heavy atom. The Hall–Kier alpha value is -2.22. The van der Waals surface area contributed by atoms with Gasteiger partial charge in [0.15, 0.2) is 0 Å². The van der Waals surface area contributed by atoms with Gasteiger partial charge in [-0.1, -0.05) is 17.8 Å². The lowest BCUT2D eigenvalue weighted by Gasteiger charge is -2.14. The summed E-state index contributed by atoms with van der Waals surface area (Å²) in [5.41, 5.74) is 1.07. The van der Waals surface area contributed by atoms with Crippen LogP contribution in [0.2, 0.25) is 0 Å². The predicted octanol–water partition coefficient (Wildman–Crippen LogP) is 1.66. The highest BCUT2D eigenvalue weighted by molar-refractivity contribution is 8.13. The lowest BCUT2D eigenvalue weighted by atomic mass is 10.1. The number of thioether (sulfide) groups is 1. The van der Waals surface area contributed by atoms with Crippen molar-refractivity contribution in [2.45, 2.75) is 13.0 Å². The van der Waals surface area contributed by atoms with E-state index in [1.807, 2.05) is 0 Å². The van der Waals surface area contributed by atoms with E-state index in [4.69, 9.17) is 9.47 Å². The maximum Gasteiger partial charge on any atom is 0.341 e. The van der Waals surface area contributed by atoms with Crippen molar-refractivity contribution in [3.05, 3.63) is 29.3 Å². The van der Waals surface area contributed by atoms with Crippen LogP contribution in [0.15, 0.2) is 18.2 Å². The van der Waals surface area contributed by atoms with Gasteiger partial charge >= 0.3 is 5.97 Å². The van der Waals surface area contributed by atoms with Crippen LogP contribution in [0.25, 0.3) is 0 Å². The first-order valence-electron chi connectivity index (χ1n) is 7.48. The Kier molecular flexibility index (Phi) is 6.48. The van der Waals surface area contributed by atoms with Crippen LogP contribution >= 0.6 is 11.8 Å². The van der Waals surface area contributed by atoms with Gasteiger partial charge < -0.3 is 19.7 Å². The van der Waals surface area contributed by atoms with Crippen molar-refractivity contribution in [2.75, 3.05) is 33.1 Å². The van der Waals surface area contributed by atoms with E-state index in [2.05, 4.69) is 5.32 Å². The number of nitrogens with one attached hydrogen (secondary N) is 1. The number of carbonyl (C=O) groups is 3. The lowest BCUT2D eigenvalue weighted by molar-refractivity contribution is -0.121. The molecule has 1 heterocycles. The Morgan fingerprint density at radius 3 is 2.75 bits per heavy atom. The predicted molar refractivity (Wildman–Crippen MR) is 90.2 cm³/mol. The van der Waals surface area contributed by atoms with Crippen LogP contribution in [0.3, 0.4) is 0 Å². The smallest absolute Gasteiger partial charge is 0.341 e. The Bertz CT molecular complexity index is 635. The first-order valence-corrected chi connectivity index (χ1v) is 8.47. The highest BCUT2D eigenvalue weighted by Gasteiger charge is 2.21. The molecule has 0 aromatic heterocycles. The van der Waals surface area contributed by atoms with Crippen LogP contribution < -0.4 is 10.1 Å². The first-order chi connectivity index (χ1) is 11.5. The van der Waals surface area contributed by atoms with Crippen molar-refractivity contribution >= 4 is 28.9 Å². The van der Waals surface area contributed by atoms with Crippen LogP contribution in [-0.2, 0) is 16.1 Å². The largest absolute Gasteiger partial charge is 0.496 e. The number of hydrogen-bond acceptors (Lipinski definition) is 6. The van der Waals surface area contributed by atoms with Gasteiger partial charge in [-0.15, -0.1) is 0 Å². The average molecular weight is 352 g/mol. The standard InChI is InChI=1S/C16H20N2O5S/c1-22-13-4-3-11(9-12(13)15(20)23-2)10-17-14(19)5-6-18-7-8-24-16(18)21/h3-4,9H,5-8,10H2,1-2H3,(H,17,19). The first kappa shape index (κ1) is 18.1. The number of amides is 2. The molecule has 0 atom stereocenters. The Morgan fingerprint density at radius 2 is 2.12 bits per heavy atom. The summed E-state index contributed by atoms with van der Waals surface area (Å²) in [6, 6.07) is 5.06. The highest BCUT2D eigenvalue weighted by atomic mass is 32.2. The molecule has 1 fully saturated rings. The molecule has 0 spiro atoms.